The van der Waals surface area contributed by atoms with Crippen LogP contribution in [0.15, 0.2) is 35.7 Å². The lowest BCUT2D eigenvalue weighted by molar-refractivity contribution is -0.170. The molecule has 2 amide bonds. The van der Waals surface area contributed by atoms with E-state index in [1.54, 1.807) is 23.6 Å². The highest BCUT2D eigenvalue weighted by Gasteiger charge is 2.38. The van der Waals surface area contributed by atoms with Gasteiger partial charge in [0.25, 0.3) is 11.8 Å². The molecular formula is C13H8N2O5S. The van der Waals surface area contributed by atoms with Crippen molar-refractivity contribution >= 4 is 29.3 Å². The van der Waals surface area contributed by atoms with Crippen LogP contribution in [0.1, 0.15) is 20.7 Å². The summed E-state index contributed by atoms with van der Waals surface area (Å²) in [5, 5.41) is 2.13. The molecule has 0 saturated heterocycles. The number of aromatic nitrogens is 1. The second kappa shape index (κ2) is 5.33. The van der Waals surface area contributed by atoms with Gasteiger partial charge in [-0.2, -0.15) is 4.37 Å². The van der Waals surface area contributed by atoms with Gasteiger partial charge < -0.3 is 9.57 Å². The van der Waals surface area contributed by atoms with E-state index in [-0.39, 0.29) is 17.0 Å². The Hall–Kier alpha value is -2.74. The molecular weight excluding hydrogens is 296 g/mol. The second-order valence-electron chi connectivity index (χ2n) is 4.04. The van der Waals surface area contributed by atoms with E-state index in [1.165, 1.54) is 23.7 Å². The Labute approximate surface area is 122 Å². The van der Waals surface area contributed by atoms with Crippen LogP contribution < -0.4 is 4.74 Å². The summed E-state index contributed by atoms with van der Waals surface area (Å²) in [6.07, 6.45) is 0. The lowest BCUT2D eigenvalue weighted by Crippen LogP contribution is -2.34. The first kappa shape index (κ1) is 13.3. The van der Waals surface area contributed by atoms with E-state index in [4.69, 9.17) is 9.57 Å². The summed E-state index contributed by atoms with van der Waals surface area (Å²) >= 11 is 1.17. The van der Waals surface area contributed by atoms with Gasteiger partial charge in [0.2, 0.25) is 5.88 Å². The average molecular weight is 304 g/mol. The molecule has 2 aromatic rings. The molecule has 0 bridgehead atoms. The molecule has 0 fully saturated rings. The monoisotopic (exact) mass is 304 g/mol. The van der Waals surface area contributed by atoms with E-state index < -0.39 is 24.4 Å². The smallest absolute Gasteiger partial charge is 0.370 e. The minimum Gasteiger partial charge on any atom is -0.465 e. The quantitative estimate of drug-likeness (QED) is 0.791. The van der Waals surface area contributed by atoms with Crippen molar-refractivity contribution in [3.8, 4) is 5.88 Å². The van der Waals surface area contributed by atoms with Crippen molar-refractivity contribution in [2.75, 3.05) is 6.61 Å². The molecule has 1 aliphatic heterocycles. The third-order valence-corrected chi connectivity index (χ3v) is 3.25. The van der Waals surface area contributed by atoms with Crippen molar-refractivity contribution in [3.63, 3.8) is 0 Å². The van der Waals surface area contributed by atoms with E-state index in [2.05, 4.69) is 4.37 Å². The normalized spacial score (nSPS) is 13.2. The maximum atomic E-state index is 12.0. The Balaban J connectivity index is 1.65. The molecule has 3 rings (SSSR count). The summed E-state index contributed by atoms with van der Waals surface area (Å²) in [5.41, 5.74) is 0.409. The van der Waals surface area contributed by atoms with Crippen molar-refractivity contribution < 1.29 is 24.0 Å². The summed E-state index contributed by atoms with van der Waals surface area (Å²) in [6, 6.07) is 7.83. The number of hydrogen-bond acceptors (Lipinski definition) is 7. The highest BCUT2D eigenvalue weighted by molar-refractivity contribution is 7.03. The average Bonchev–Trinajstić information content (AvgIpc) is 3.09. The molecule has 1 aromatic carbocycles. The zero-order valence-electron chi connectivity index (χ0n) is 10.5. The number of ether oxygens (including phenoxy) is 1. The first-order valence-corrected chi connectivity index (χ1v) is 6.72. The number of imide groups is 1. The molecule has 0 spiro atoms. The van der Waals surface area contributed by atoms with Crippen LogP contribution in [0, 0.1) is 0 Å². The van der Waals surface area contributed by atoms with Crippen molar-refractivity contribution in [2.24, 2.45) is 0 Å². The van der Waals surface area contributed by atoms with Gasteiger partial charge >= 0.3 is 5.97 Å². The standard InChI is InChI=1S/C13H8N2O5S/c16-11(7-19-10-5-6-21-14-10)20-15-12(17)8-3-1-2-4-9(8)13(15)18/h1-6H,7H2. The predicted molar refractivity (Wildman–Crippen MR) is 70.6 cm³/mol. The van der Waals surface area contributed by atoms with Gasteiger partial charge in [-0.05, 0) is 23.7 Å². The maximum absolute atomic E-state index is 12.0. The molecule has 0 radical (unpaired) electrons. The molecule has 0 saturated carbocycles. The van der Waals surface area contributed by atoms with Gasteiger partial charge in [0.05, 0.1) is 11.1 Å². The SMILES string of the molecule is O=C(COc1ccsn1)ON1C(=O)c2ccccc2C1=O. The largest absolute Gasteiger partial charge is 0.465 e. The van der Waals surface area contributed by atoms with E-state index in [0.29, 0.717) is 5.06 Å². The van der Waals surface area contributed by atoms with Crippen molar-refractivity contribution in [2.45, 2.75) is 0 Å². The van der Waals surface area contributed by atoms with Crippen molar-refractivity contribution in [3.05, 3.63) is 46.8 Å². The van der Waals surface area contributed by atoms with Gasteiger partial charge in [-0.3, -0.25) is 9.59 Å². The highest BCUT2D eigenvalue weighted by atomic mass is 32.1. The number of benzene rings is 1. The molecule has 0 unspecified atom stereocenters. The fraction of sp³-hybridized carbons (Fsp3) is 0.0769. The first-order valence-electron chi connectivity index (χ1n) is 5.88. The minimum atomic E-state index is -0.863. The van der Waals surface area contributed by atoms with Crippen molar-refractivity contribution in [1.29, 1.82) is 0 Å². The molecule has 0 aliphatic carbocycles. The zero-order valence-corrected chi connectivity index (χ0v) is 11.3. The van der Waals surface area contributed by atoms with E-state index in [9.17, 15) is 14.4 Å². The van der Waals surface area contributed by atoms with Crippen LogP contribution in [0.25, 0.3) is 0 Å². The van der Waals surface area contributed by atoms with Crippen LogP contribution in [0.4, 0.5) is 0 Å². The molecule has 1 aromatic heterocycles. The Bertz CT molecular complexity index is 678. The Morgan fingerprint density at radius 3 is 2.38 bits per heavy atom. The topological polar surface area (TPSA) is 85.8 Å². The van der Waals surface area contributed by atoms with E-state index >= 15 is 0 Å². The van der Waals surface area contributed by atoms with Crippen LogP contribution in [0.5, 0.6) is 5.88 Å². The van der Waals surface area contributed by atoms with Crippen LogP contribution >= 0.6 is 11.5 Å². The van der Waals surface area contributed by atoms with Crippen LogP contribution in [0.3, 0.4) is 0 Å². The van der Waals surface area contributed by atoms with Crippen molar-refractivity contribution in [1.82, 2.24) is 9.44 Å². The zero-order chi connectivity index (χ0) is 14.8. The number of hydrogen-bond donors (Lipinski definition) is 0. The number of carbonyl (C=O) groups is 3. The molecule has 106 valence electrons. The summed E-state index contributed by atoms with van der Waals surface area (Å²) in [5.74, 6) is -1.92. The maximum Gasteiger partial charge on any atom is 0.370 e. The first-order chi connectivity index (χ1) is 10.2. The summed E-state index contributed by atoms with van der Waals surface area (Å²) in [7, 11) is 0. The number of nitrogens with zero attached hydrogens (tertiary/aromatic N) is 2. The summed E-state index contributed by atoms with van der Waals surface area (Å²) in [4.78, 5) is 40.3. The number of carbonyl (C=O) groups excluding carboxylic acids is 3. The number of hydroxylamine groups is 2. The van der Waals surface area contributed by atoms with Gasteiger partial charge in [0.1, 0.15) is 0 Å². The highest BCUT2D eigenvalue weighted by Crippen LogP contribution is 2.22. The molecule has 0 N–H and O–H groups in total. The van der Waals surface area contributed by atoms with Crippen LogP contribution in [-0.4, -0.2) is 33.8 Å². The molecule has 8 heteroatoms. The van der Waals surface area contributed by atoms with E-state index in [0.717, 1.165) is 0 Å². The van der Waals surface area contributed by atoms with Crippen LogP contribution in [-0.2, 0) is 9.63 Å². The summed E-state index contributed by atoms with van der Waals surface area (Å²) < 4.78 is 8.89. The second-order valence-corrected chi connectivity index (χ2v) is 4.71. The fourth-order valence-corrected chi connectivity index (χ4v) is 2.24. The fourth-order valence-electron chi connectivity index (χ4n) is 1.79. The number of rotatable bonds is 4. The third-order valence-electron chi connectivity index (χ3n) is 2.70. The Morgan fingerprint density at radius 2 is 1.81 bits per heavy atom. The minimum absolute atomic E-state index is 0.204. The summed E-state index contributed by atoms with van der Waals surface area (Å²) in [6.45, 7) is -0.447. The van der Waals surface area contributed by atoms with Gasteiger partial charge in [-0.25, -0.2) is 4.79 Å². The molecule has 1 aliphatic rings. The van der Waals surface area contributed by atoms with Gasteiger partial charge in [0, 0.05) is 11.4 Å². The Morgan fingerprint density at radius 1 is 1.14 bits per heavy atom. The third kappa shape index (κ3) is 2.48. The Kier molecular flexibility index (Phi) is 3.36. The predicted octanol–water partition coefficient (Wildman–Crippen LogP) is 1.28. The lowest BCUT2D eigenvalue weighted by Gasteiger charge is -2.12. The van der Waals surface area contributed by atoms with Gasteiger partial charge in [-0.15, -0.1) is 0 Å². The van der Waals surface area contributed by atoms with Gasteiger partial charge in [0.15, 0.2) is 6.61 Å². The number of fused-ring (bicyclic) bond motifs is 1. The molecule has 7 nitrogen and oxygen atoms in total. The number of amides is 2. The molecule has 2 heterocycles. The molecule has 21 heavy (non-hydrogen) atoms. The van der Waals surface area contributed by atoms with Gasteiger partial charge in [-0.1, -0.05) is 17.2 Å². The molecule has 0 atom stereocenters. The van der Waals surface area contributed by atoms with Crippen LogP contribution in [0.2, 0.25) is 0 Å². The lowest BCUT2D eigenvalue weighted by atomic mass is 10.1. The van der Waals surface area contributed by atoms with E-state index in [1.807, 2.05) is 0 Å².